The summed E-state index contributed by atoms with van der Waals surface area (Å²) in [6, 6.07) is 0. The topological polar surface area (TPSA) is 31.0 Å². The lowest BCUT2D eigenvalue weighted by atomic mass is 9.86. The third-order valence-electron chi connectivity index (χ3n) is 3.67. The van der Waals surface area contributed by atoms with Crippen molar-refractivity contribution in [1.29, 1.82) is 0 Å². The molecule has 1 saturated carbocycles. The lowest BCUT2D eigenvalue weighted by Crippen LogP contribution is -2.29. The Morgan fingerprint density at radius 1 is 1.18 bits per heavy atom. The highest BCUT2D eigenvalue weighted by molar-refractivity contribution is 6.42. The van der Waals surface area contributed by atoms with Gasteiger partial charge in [-0.2, -0.15) is 0 Å². The lowest BCUT2D eigenvalue weighted by molar-refractivity contribution is 0.106. The van der Waals surface area contributed by atoms with E-state index in [0.29, 0.717) is 24.4 Å². The van der Waals surface area contributed by atoms with E-state index in [9.17, 15) is 0 Å². The van der Waals surface area contributed by atoms with Crippen LogP contribution < -0.4 is 0 Å². The number of fused-ring (bicyclic) bond motifs is 1. The molecule has 0 aromatic rings. The molecule has 0 amide bonds. The summed E-state index contributed by atoms with van der Waals surface area (Å²) in [5.74, 6) is 0.800. The molecule has 2 rings (SSSR count). The molecule has 100 valence electrons. The molecule has 5 atom stereocenters. The van der Waals surface area contributed by atoms with Gasteiger partial charge in [0.25, 0.3) is 0 Å². The number of hydrogen-bond acceptors (Lipinski definition) is 3. The van der Waals surface area contributed by atoms with E-state index in [0.717, 1.165) is 5.92 Å². The molecule has 4 heteroatoms. The first-order valence-electron chi connectivity index (χ1n) is 7.01. The predicted octanol–water partition coefficient (Wildman–Crippen LogP) is 2.62. The second-order valence-corrected chi connectivity index (χ2v) is 7.51. The van der Waals surface area contributed by atoms with Crippen molar-refractivity contribution < 1.29 is 13.6 Å². The maximum atomic E-state index is 5.99. The summed E-state index contributed by atoms with van der Waals surface area (Å²) in [6.45, 7) is 8.46. The number of epoxide rings is 1. The summed E-state index contributed by atoms with van der Waals surface area (Å²) in [6.07, 6.45) is 6.83. The molecule has 3 nitrogen and oxygen atoms in total. The van der Waals surface area contributed by atoms with Gasteiger partial charge in [-0.25, -0.2) is 0 Å². The zero-order chi connectivity index (χ0) is 12.4. The Hall–Kier alpha value is 0.0969. The van der Waals surface area contributed by atoms with Gasteiger partial charge in [-0.05, 0) is 58.9 Å². The predicted molar refractivity (Wildman–Crippen MR) is 70.4 cm³/mol. The van der Waals surface area contributed by atoms with Crippen molar-refractivity contribution in [1.82, 2.24) is 0 Å². The third-order valence-corrected chi connectivity index (χ3v) is 5.44. The number of hydrogen-bond donors (Lipinski definition) is 0. The van der Waals surface area contributed by atoms with Crippen LogP contribution in [0.2, 0.25) is 6.55 Å². The lowest BCUT2D eigenvalue weighted by Gasteiger charge is -2.25. The second kappa shape index (κ2) is 5.82. The standard InChI is InChI=1S/C13H26O3Si/c1-9(2)15-17(4)16-10(3)7-11-5-6-12-13(8-11)14-12/h9-13,17H,5-8H2,1-4H3. The van der Waals surface area contributed by atoms with Crippen LogP contribution in [0.15, 0.2) is 0 Å². The van der Waals surface area contributed by atoms with Crippen molar-refractivity contribution in [2.45, 2.75) is 77.4 Å². The summed E-state index contributed by atoms with van der Waals surface area (Å²) in [7, 11) is -1.43. The molecule has 1 aliphatic heterocycles. The molecule has 17 heavy (non-hydrogen) atoms. The average molecular weight is 258 g/mol. The summed E-state index contributed by atoms with van der Waals surface area (Å²) < 4.78 is 17.3. The van der Waals surface area contributed by atoms with Gasteiger partial charge in [0.15, 0.2) is 0 Å². The summed E-state index contributed by atoms with van der Waals surface area (Å²) in [4.78, 5) is 0. The average Bonchev–Trinajstić information content (AvgIpc) is 2.93. The van der Waals surface area contributed by atoms with Crippen molar-refractivity contribution in [2.75, 3.05) is 0 Å². The molecule has 0 spiro atoms. The van der Waals surface area contributed by atoms with Crippen LogP contribution in [0, 0.1) is 5.92 Å². The van der Waals surface area contributed by atoms with Gasteiger partial charge in [0, 0.05) is 12.2 Å². The van der Waals surface area contributed by atoms with Crippen molar-refractivity contribution >= 4 is 9.28 Å². The molecular weight excluding hydrogens is 232 g/mol. The van der Waals surface area contributed by atoms with E-state index < -0.39 is 9.28 Å². The second-order valence-electron chi connectivity index (χ2n) is 5.83. The summed E-state index contributed by atoms with van der Waals surface area (Å²) in [5, 5.41) is 0. The van der Waals surface area contributed by atoms with Gasteiger partial charge >= 0.3 is 9.28 Å². The molecule has 2 fully saturated rings. The fourth-order valence-corrected chi connectivity index (χ4v) is 4.56. The van der Waals surface area contributed by atoms with E-state index in [1.54, 1.807) is 0 Å². The van der Waals surface area contributed by atoms with Crippen molar-refractivity contribution in [3.05, 3.63) is 0 Å². The summed E-state index contributed by atoms with van der Waals surface area (Å²) in [5.41, 5.74) is 0. The van der Waals surface area contributed by atoms with E-state index >= 15 is 0 Å². The number of rotatable bonds is 6. The molecule has 0 aromatic carbocycles. The Balaban J connectivity index is 1.64. The van der Waals surface area contributed by atoms with Gasteiger partial charge in [-0.15, -0.1) is 0 Å². The van der Waals surface area contributed by atoms with Crippen LogP contribution in [-0.2, 0) is 13.6 Å². The van der Waals surface area contributed by atoms with Gasteiger partial charge in [-0.3, -0.25) is 0 Å². The molecule has 0 N–H and O–H groups in total. The van der Waals surface area contributed by atoms with Crippen molar-refractivity contribution in [2.24, 2.45) is 5.92 Å². The van der Waals surface area contributed by atoms with Crippen LogP contribution in [-0.4, -0.2) is 33.7 Å². The first-order valence-corrected chi connectivity index (χ1v) is 9.10. The zero-order valence-corrected chi connectivity index (χ0v) is 12.7. The van der Waals surface area contributed by atoms with Crippen LogP contribution in [0.25, 0.3) is 0 Å². The van der Waals surface area contributed by atoms with Crippen LogP contribution in [0.1, 0.15) is 46.5 Å². The highest BCUT2D eigenvalue weighted by atomic mass is 28.3. The molecule has 0 aromatic heterocycles. The Morgan fingerprint density at radius 2 is 1.94 bits per heavy atom. The van der Waals surface area contributed by atoms with Gasteiger partial charge in [0.2, 0.25) is 0 Å². The Bertz CT molecular complexity index is 247. The van der Waals surface area contributed by atoms with E-state index in [-0.39, 0.29) is 0 Å². The van der Waals surface area contributed by atoms with Crippen LogP contribution in [0.4, 0.5) is 0 Å². The van der Waals surface area contributed by atoms with Gasteiger partial charge in [-0.1, -0.05) is 0 Å². The number of ether oxygens (including phenoxy) is 1. The Labute approximate surface area is 107 Å². The summed E-state index contributed by atoms with van der Waals surface area (Å²) >= 11 is 0. The van der Waals surface area contributed by atoms with Crippen molar-refractivity contribution in [3.8, 4) is 0 Å². The molecule has 5 unspecified atom stereocenters. The Morgan fingerprint density at radius 3 is 2.59 bits per heavy atom. The molecule has 0 radical (unpaired) electrons. The molecule has 1 aliphatic carbocycles. The monoisotopic (exact) mass is 258 g/mol. The maximum Gasteiger partial charge on any atom is 0.318 e. The minimum atomic E-state index is -1.43. The Kier molecular flexibility index (Phi) is 4.63. The minimum Gasteiger partial charge on any atom is -0.394 e. The van der Waals surface area contributed by atoms with Crippen LogP contribution in [0.3, 0.4) is 0 Å². The van der Waals surface area contributed by atoms with Crippen LogP contribution >= 0.6 is 0 Å². The maximum absolute atomic E-state index is 5.99. The molecule has 0 bridgehead atoms. The van der Waals surface area contributed by atoms with Crippen molar-refractivity contribution in [3.63, 3.8) is 0 Å². The first kappa shape index (κ1) is 13.5. The van der Waals surface area contributed by atoms with Gasteiger partial charge in [0.1, 0.15) is 0 Å². The molecule has 1 saturated heterocycles. The smallest absolute Gasteiger partial charge is 0.318 e. The normalized spacial score (nSPS) is 35.5. The largest absolute Gasteiger partial charge is 0.394 e. The third kappa shape index (κ3) is 4.36. The fraction of sp³-hybridized carbons (Fsp3) is 1.00. The van der Waals surface area contributed by atoms with Gasteiger partial charge in [0.05, 0.1) is 12.2 Å². The van der Waals surface area contributed by atoms with E-state index in [4.69, 9.17) is 13.6 Å². The van der Waals surface area contributed by atoms with E-state index in [1.807, 2.05) is 0 Å². The van der Waals surface area contributed by atoms with Gasteiger partial charge < -0.3 is 13.6 Å². The van der Waals surface area contributed by atoms with E-state index in [1.165, 1.54) is 25.7 Å². The highest BCUT2D eigenvalue weighted by Crippen LogP contribution is 2.41. The highest BCUT2D eigenvalue weighted by Gasteiger charge is 2.43. The zero-order valence-electron chi connectivity index (χ0n) is 11.5. The quantitative estimate of drug-likeness (QED) is 0.542. The SMILES string of the molecule is CC(C)O[SiH](C)OC(C)CC1CCC2OC2C1. The minimum absolute atomic E-state index is 0.291. The van der Waals surface area contributed by atoms with Crippen LogP contribution in [0.5, 0.6) is 0 Å². The van der Waals surface area contributed by atoms with E-state index in [2.05, 4.69) is 27.3 Å². The first-order chi connectivity index (χ1) is 8.04. The fourth-order valence-electron chi connectivity index (χ4n) is 2.97. The molecule has 2 aliphatic rings. The molecular formula is C13H26O3Si. The molecule has 1 heterocycles.